The Kier molecular flexibility index (Phi) is 5.46. The van der Waals surface area contributed by atoms with E-state index in [0.29, 0.717) is 0 Å². The van der Waals surface area contributed by atoms with E-state index in [4.69, 9.17) is 4.74 Å². The van der Waals surface area contributed by atoms with Crippen molar-refractivity contribution in [2.75, 3.05) is 0 Å². The van der Waals surface area contributed by atoms with Crippen molar-refractivity contribution in [1.29, 1.82) is 0 Å². The van der Waals surface area contributed by atoms with Gasteiger partial charge in [-0.3, -0.25) is 0 Å². The summed E-state index contributed by atoms with van der Waals surface area (Å²) in [7, 11) is 0. The molecule has 0 aromatic heterocycles. The van der Waals surface area contributed by atoms with E-state index in [1.807, 2.05) is 0 Å². The number of hydrogen-bond acceptors (Lipinski definition) is 2. The number of ether oxygens (including phenoxy) is 1. The Labute approximate surface area is 140 Å². The summed E-state index contributed by atoms with van der Waals surface area (Å²) in [6.07, 6.45) is -8.59. The topological polar surface area (TPSA) is 29.5 Å². The number of benzene rings is 1. The fourth-order valence-corrected chi connectivity index (χ4v) is 2.18. The summed E-state index contributed by atoms with van der Waals surface area (Å²) in [6.45, 7) is 5.58. The summed E-state index contributed by atoms with van der Waals surface area (Å²) in [6, 6.07) is 5.19. The van der Waals surface area contributed by atoms with Crippen LogP contribution in [0.15, 0.2) is 24.3 Å². The number of halogens is 7. The van der Waals surface area contributed by atoms with Gasteiger partial charge in [0.1, 0.15) is 11.4 Å². The largest absolute Gasteiger partial charge is 0.488 e. The Balaban J connectivity index is 3.27. The van der Waals surface area contributed by atoms with Crippen LogP contribution in [0.2, 0.25) is 0 Å². The molecule has 0 aliphatic carbocycles. The Bertz CT molecular complexity index is 601. The number of rotatable bonds is 5. The number of para-hydroxylation sites is 1. The van der Waals surface area contributed by atoms with Gasteiger partial charge in [-0.25, -0.2) is 0 Å². The highest BCUT2D eigenvalue weighted by atomic mass is 19.4. The number of hydrogen-bond donors (Lipinski definition) is 1. The van der Waals surface area contributed by atoms with Gasteiger partial charge in [0.15, 0.2) is 0 Å². The highest BCUT2D eigenvalue weighted by molar-refractivity contribution is 5.38. The molecule has 0 spiro atoms. The van der Waals surface area contributed by atoms with Crippen LogP contribution in [0, 0.1) is 0 Å². The Morgan fingerprint density at radius 1 is 0.880 bits per heavy atom. The van der Waals surface area contributed by atoms with E-state index in [9.17, 15) is 35.8 Å². The quantitative estimate of drug-likeness (QED) is 0.707. The molecule has 0 amide bonds. The van der Waals surface area contributed by atoms with Gasteiger partial charge in [0.25, 0.3) is 0 Å². The smallest absolute Gasteiger partial charge is 0.459 e. The first-order chi connectivity index (χ1) is 10.9. The minimum Gasteiger partial charge on any atom is -0.488 e. The lowest BCUT2D eigenvalue weighted by molar-refractivity contribution is -0.361. The van der Waals surface area contributed by atoms with Crippen LogP contribution in [0.3, 0.4) is 0 Å². The molecule has 0 saturated heterocycles. The maximum atomic E-state index is 13.7. The second-order valence-corrected chi connectivity index (χ2v) is 6.94. The zero-order valence-electron chi connectivity index (χ0n) is 14.0. The van der Waals surface area contributed by atoms with Crippen LogP contribution in [0.4, 0.5) is 30.7 Å². The second kappa shape index (κ2) is 6.34. The third kappa shape index (κ3) is 4.77. The van der Waals surface area contributed by atoms with Crippen LogP contribution < -0.4 is 4.74 Å². The highest BCUT2D eigenvalue weighted by Crippen LogP contribution is 2.51. The molecule has 0 saturated carbocycles. The van der Waals surface area contributed by atoms with Crippen molar-refractivity contribution >= 4 is 0 Å². The van der Waals surface area contributed by atoms with Gasteiger partial charge < -0.3 is 9.84 Å². The molecule has 2 nitrogen and oxygen atoms in total. The first-order valence-electron chi connectivity index (χ1n) is 7.24. The maximum absolute atomic E-state index is 13.7. The van der Waals surface area contributed by atoms with E-state index in [0.717, 1.165) is 13.0 Å². The molecule has 1 aromatic rings. The van der Waals surface area contributed by atoms with E-state index in [-0.39, 0.29) is 11.3 Å². The molecule has 9 heteroatoms. The molecule has 0 fully saturated rings. The van der Waals surface area contributed by atoms with Crippen molar-refractivity contribution in [1.82, 2.24) is 0 Å². The summed E-state index contributed by atoms with van der Waals surface area (Å²) < 4.78 is 95.9. The molecule has 1 N–H and O–H groups in total. The normalized spacial score (nSPS) is 16.5. The van der Waals surface area contributed by atoms with Crippen LogP contribution in [0.5, 0.6) is 5.75 Å². The molecule has 0 heterocycles. The molecule has 0 aliphatic rings. The third-order valence-electron chi connectivity index (χ3n) is 3.27. The van der Waals surface area contributed by atoms with Gasteiger partial charge >= 0.3 is 18.0 Å². The Morgan fingerprint density at radius 2 is 1.36 bits per heavy atom. The summed E-state index contributed by atoms with van der Waals surface area (Å²) in [5.74, 6) is -11.9. The molecular formula is C16H19F7O2. The first-order valence-corrected chi connectivity index (χ1v) is 7.24. The highest BCUT2D eigenvalue weighted by Gasteiger charge is 2.73. The fourth-order valence-electron chi connectivity index (χ4n) is 2.18. The average molecular weight is 376 g/mol. The molecule has 144 valence electrons. The molecule has 25 heavy (non-hydrogen) atoms. The predicted molar refractivity (Wildman–Crippen MR) is 77.0 cm³/mol. The lowest BCUT2D eigenvalue weighted by Crippen LogP contribution is -2.54. The van der Waals surface area contributed by atoms with Gasteiger partial charge in [0.05, 0.1) is 12.0 Å². The molecule has 1 unspecified atom stereocenters. The maximum Gasteiger partial charge on any atom is 0.459 e. The standard InChI is InChI=1S/C16H19F7O2/c1-12(2,3)25-11-8-6-5-7-10(11)13(4,24)9-14(17,18)15(19,20)16(21,22)23/h5-8,24H,9H2,1-4H3. The number of aliphatic hydroxyl groups is 1. The van der Waals surface area contributed by atoms with Gasteiger partial charge in [-0.1, -0.05) is 18.2 Å². The van der Waals surface area contributed by atoms with Crippen molar-refractivity contribution in [2.45, 2.75) is 63.3 Å². The minimum absolute atomic E-state index is 0.0916. The SMILES string of the molecule is CC(C)(C)Oc1ccccc1C(C)(O)CC(F)(F)C(F)(F)C(F)(F)F. The molecule has 1 aromatic carbocycles. The van der Waals surface area contributed by atoms with Gasteiger partial charge in [-0.05, 0) is 33.8 Å². The monoisotopic (exact) mass is 376 g/mol. The van der Waals surface area contributed by atoms with Gasteiger partial charge in [-0.2, -0.15) is 30.7 Å². The second-order valence-electron chi connectivity index (χ2n) is 6.94. The van der Waals surface area contributed by atoms with Crippen LogP contribution in [0.25, 0.3) is 0 Å². The van der Waals surface area contributed by atoms with Crippen molar-refractivity contribution in [3.63, 3.8) is 0 Å². The zero-order valence-corrected chi connectivity index (χ0v) is 14.0. The molecule has 0 aliphatic heterocycles. The van der Waals surface area contributed by atoms with Gasteiger partial charge in [0.2, 0.25) is 0 Å². The zero-order chi connectivity index (χ0) is 19.9. The Morgan fingerprint density at radius 3 is 1.80 bits per heavy atom. The Hall–Kier alpha value is -1.51. The predicted octanol–water partition coefficient (Wildman–Crippen LogP) is 5.29. The van der Waals surface area contributed by atoms with Crippen molar-refractivity contribution < 1.29 is 40.6 Å². The van der Waals surface area contributed by atoms with Crippen molar-refractivity contribution in [2.24, 2.45) is 0 Å². The van der Waals surface area contributed by atoms with E-state index in [1.54, 1.807) is 20.8 Å². The molecule has 0 radical (unpaired) electrons. The van der Waals surface area contributed by atoms with Crippen LogP contribution in [-0.2, 0) is 5.60 Å². The van der Waals surface area contributed by atoms with E-state index < -0.39 is 35.6 Å². The summed E-state index contributed by atoms with van der Waals surface area (Å²) in [5, 5.41) is 10.3. The van der Waals surface area contributed by atoms with Crippen molar-refractivity contribution in [3.05, 3.63) is 29.8 Å². The van der Waals surface area contributed by atoms with Crippen LogP contribution in [-0.4, -0.2) is 28.7 Å². The summed E-state index contributed by atoms with van der Waals surface area (Å²) in [4.78, 5) is 0. The number of alkyl halides is 7. The minimum atomic E-state index is -6.45. The average Bonchev–Trinajstić information content (AvgIpc) is 2.34. The van der Waals surface area contributed by atoms with Crippen LogP contribution in [0.1, 0.15) is 39.7 Å². The lowest BCUT2D eigenvalue weighted by Gasteiger charge is -2.35. The molecule has 1 rings (SSSR count). The van der Waals surface area contributed by atoms with Crippen molar-refractivity contribution in [3.8, 4) is 5.75 Å². The molecule has 1 atom stereocenters. The summed E-state index contributed by atoms with van der Waals surface area (Å²) >= 11 is 0. The van der Waals surface area contributed by atoms with E-state index in [2.05, 4.69) is 0 Å². The molecule has 0 bridgehead atoms. The van der Waals surface area contributed by atoms with E-state index >= 15 is 0 Å². The molecular weight excluding hydrogens is 357 g/mol. The van der Waals surface area contributed by atoms with E-state index in [1.165, 1.54) is 18.2 Å². The van der Waals surface area contributed by atoms with Gasteiger partial charge in [-0.15, -0.1) is 0 Å². The fraction of sp³-hybridized carbons (Fsp3) is 0.625. The third-order valence-corrected chi connectivity index (χ3v) is 3.27. The van der Waals surface area contributed by atoms with Crippen LogP contribution >= 0.6 is 0 Å². The van der Waals surface area contributed by atoms with Gasteiger partial charge in [0, 0.05) is 5.56 Å². The lowest BCUT2D eigenvalue weighted by atomic mass is 9.86. The first kappa shape index (κ1) is 21.5. The summed E-state index contributed by atoms with van der Waals surface area (Å²) in [5.41, 5.74) is -3.83.